The maximum absolute atomic E-state index is 12.7. The molecule has 1 unspecified atom stereocenters. The quantitative estimate of drug-likeness (QED) is 0.765. The molecule has 0 saturated carbocycles. The number of benzene rings is 1. The number of carbonyl (C=O) groups is 1. The summed E-state index contributed by atoms with van der Waals surface area (Å²) in [6.07, 6.45) is -0.249. The molecule has 0 aliphatic rings. The molecule has 1 aromatic heterocycles. The third-order valence-electron chi connectivity index (χ3n) is 3.22. The molecule has 1 heterocycles. The lowest BCUT2D eigenvalue weighted by atomic mass is 10.1. The molecular formula is C15H14Cl2N2O4S. The fourth-order valence-electron chi connectivity index (χ4n) is 2.10. The van der Waals surface area contributed by atoms with Crippen molar-refractivity contribution in [2.24, 2.45) is 0 Å². The first-order chi connectivity index (χ1) is 11.2. The Morgan fingerprint density at radius 2 is 1.92 bits per heavy atom. The molecule has 6 nitrogen and oxygen atoms in total. The minimum atomic E-state index is -1.82. The Kier molecular flexibility index (Phi) is 5.92. The normalized spacial score (nSPS) is 12.4. The molecule has 0 fully saturated rings. The van der Waals surface area contributed by atoms with Crippen LogP contribution in [-0.2, 0) is 22.4 Å². The summed E-state index contributed by atoms with van der Waals surface area (Å²) in [6, 6.07) is 4.27. The predicted molar refractivity (Wildman–Crippen MR) is 91.4 cm³/mol. The molecule has 0 aliphatic carbocycles. The Bertz CT molecular complexity index is 815. The van der Waals surface area contributed by atoms with E-state index in [1.54, 1.807) is 0 Å². The Morgan fingerprint density at radius 3 is 2.42 bits per heavy atom. The summed E-state index contributed by atoms with van der Waals surface area (Å²) in [5.41, 5.74) is 0.499. The Labute approximate surface area is 151 Å². The van der Waals surface area contributed by atoms with E-state index in [0.717, 1.165) is 0 Å². The Morgan fingerprint density at radius 1 is 1.33 bits per heavy atom. The van der Waals surface area contributed by atoms with Gasteiger partial charge in [0.05, 0.1) is 16.5 Å². The van der Waals surface area contributed by atoms with Crippen LogP contribution in [0.4, 0.5) is 0 Å². The van der Waals surface area contributed by atoms with E-state index in [1.807, 2.05) is 13.8 Å². The first-order valence-corrected chi connectivity index (χ1v) is 8.82. The molecule has 0 spiro atoms. The third-order valence-corrected chi connectivity index (χ3v) is 5.44. The van der Waals surface area contributed by atoms with E-state index in [9.17, 15) is 14.1 Å². The Balaban J connectivity index is 2.47. The van der Waals surface area contributed by atoms with E-state index in [-0.39, 0.29) is 37.9 Å². The van der Waals surface area contributed by atoms with Gasteiger partial charge in [0, 0.05) is 22.8 Å². The largest absolute Gasteiger partial charge is 0.605 e. The average Bonchev–Trinajstić information content (AvgIpc) is 2.45. The molecule has 0 bridgehead atoms. The maximum atomic E-state index is 12.7. The zero-order valence-electron chi connectivity index (χ0n) is 12.8. The van der Waals surface area contributed by atoms with Crippen LogP contribution in [0.2, 0.25) is 10.0 Å². The van der Waals surface area contributed by atoms with Gasteiger partial charge >= 0.3 is 5.97 Å². The maximum Gasteiger partial charge on any atom is 0.307 e. The highest BCUT2D eigenvalue weighted by molar-refractivity contribution is 7.91. The number of nitrogens with zero attached hydrogens (tertiary/aromatic N) is 1. The highest BCUT2D eigenvalue weighted by atomic mass is 35.5. The topological polar surface area (TPSA) is 106 Å². The number of H-pyrrole nitrogens is 1. The Hall–Kier alpha value is -1.54. The number of hydrogen-bond donors (Lipinski definition) is 2. The molecule has 2 aromatic rings. The van der Waals surface area contributed by atoms with E-state index < -0.39 is 17.1 Å². The highest BCUT2D eigenvalue weighted by Crippen LogP contribution is 2.34. The fraction of sp³-hybridized carbons (Fsp3) is 0.267. The molecule has 9 heteroatoms. The molecule has 2 rings (SSSR count). The number of aromatic amines is 1. The second kappa shape index (κ2) is 7.57. The second-order valence-corrected chi connectivity index (χ2v) is 7.55. The zero-order valence-corrected chi connectivity index (χ0v) is 15.1. The monoisotopic (exact) mass is 388 g/mol. The van der Waals surface area contributed by atoms with Gasteiger partial charge in [0.15, 0.2) is 4.90 Å². The molecule has 0 radical (unpaired) electrons. The average molecular weight is 389 g/mol. The lowest BCUT2D eigenvalue weighted by Gasteiger charge is -2.13. The number of carboxylic acid groups (broad SMARTS) is 1. The third kappa shape index (κ3) is 4.10. The number of aromatic nitrogens is 2. The number of hydrogen-bond acceptors (Lipinski definition) is 4. The summed E-state index contributed by atoms with van der Waals surface area (Å²) in [5, 5.41) is 15.2. The van der Waals surface area contributed by atoms with Crippen molar-refractivity contribution in [1.82, 2.24) is 10.2 Å². The van der Waals surface area contributed by atoms with Gasteiger partial charge < -0.3 is 9.66 Å². The van der Waals surface area contributed by atoms with Crippen LogP contribution in [0.25, 0.3) is 0 Å². The van der Waals surface area contributed by atoms with Crippen molar-refractivity contribution >= 4 is 40.3 Å². The van der Waals surface area contributed by atoms with Gasteiger partial charge in [-0.25, -0.2) is 5.10 Å². The molecule has 0 amide bonds. The van der Waals surface area contributed by atoms with Crippen molar-refractivity contribution in [1.29, 1.82) is 0 Å². The molecular weight excluding hydrogens is 375 g/mol. The number of nitrogens with one attached hydrogen (secondary N) is 1. The molecule has 1 atom stereocenters. The number of halogens is 2. The molecule has 1 aromatic carbocycles. The van der Waals surface area contributed by atoms with Crippen molar-refractivity contribution < 1.29 is 14.5 Å². The van der Waals surface area contributed by atoms with Crippen molar-refractivity contribution in [3.05, 3.63) is 49.7 Å². The van der Waals surface area contributed by atoms with Crippen molar-refractivity contribution in [3.8, 4) is 0 Å². The van der Waals surface area contributed by atoms with E-state index in [4.69, 9.17) is 28.3 Å². The van der Waals surface area contributed by atoms with Crippen molar-refractivity contribution in [2.75, 3.05) is 0 Å². The van der Waals surface area contributed by atoms with Gasteiger partial charge in [-0.3, -0.25) is 9.59 Å². The number of rotatable bonds is 5. The van der Waals surface area contributed by atoms with Gasteiger partial charge in [0.2, 0.25) is 0 Å². The van der Waals surface area contributed by atoms with Gasteiger partial charge in [-0.15, -0.1) is 5.10 Å². The summed E-state index contributed by atoms with van der Waals surface area (Å²) >= 11 is 10.4. The van der Waals surface area contributed by atoms with Crippen LogP contribution in [-0.4, -0.2) is 25.8 Å². The van der Waals surface area contributed by atoms with Gasteiger partial charge in [0.1, 0.15) is 0 Å². The summed E-state index contributed by atoms with van der Waals surface area (Å²) in [7, 11) is 0. The van der Waals surface area contributed by atoms with Crippen LogP contribution in [0.15, 0.2) is 32.9 Å². The molecule has 24 heavy (non-hydrogen) atoms. The van der Waals surface area contributed by atoms with Crippen molar-refractivity contribution in [2.45, 2.75) is 36.1 Å². The van der Waals surface area contributed by atoms with E-state index in [0.29, 0.717) is 11.1 Å². The predicted octanol–water partition coefficient (Wildman–Crippen LogP) is 2.99. The van der Waals surface area contributed by atoms with Crippen LogP contribution >= 0.6 is 23.2 Å². The summed E-state index contributed by atoms with van der Waals surface area (Å²) in [4.78, 5) is 22.6. The lowest BCUT2D eigenvalue weighted by molar-refractivity contribution is -0.136. The number of aliphatic carboxylic acids is 1. The standard InChI is InChI=1S/C15H14Cl2N2O4S/c1-7(2)9-6-12(18-19-15(9)22)24(23)14-10(16)3-8(4-11(14)17)5-13(20)21/h3-4,6-7H,5H2,1-2H3,(H,19,22)(H,20,21). The van der Waals surface area contributed by atoms with Crippen molar-refractivity contribution in [3.63, 3.8) is 0 Å². The minimum absolute atomic E-state index is 0.0728. The van der Waals surface area contributed by atoms with Gasteiger partial charge in [0.25, 0.3) is 10.6 Å². The van der Waals surface area contributed by atoms with E-state index in [1.165, 1.54) is 18.2 Å². The smallest absolute Gasteiger partial charge is 0.307 e. The second-order valence-electron chi connectivity index (χ2n) is 5.37. The van der Waals surface area contributed by atoms with Crippen LogP contribution in [0, 0.1) is 0 Å². The van der Waals surface area contributed by atoms with Crippen LogP contribution in [0.5, 0.6) is 0 Å². The van der Waals surface area contributed by atoms with Crippen LogP contribution in [0.3, 0.4) is 0 Å². The fourth-order valence-corrected chi connectivity index (χ4v) is 4.09. The van der Waals surface area contributed by atoms with E-state index >= 15 is 0 Å². The molecule has 0 saturated heterocycles. The van der Waals surface area contributed by atoms with E-state index in [2.05, 4.69) is 10.2 Å². The molecule has 0 aliphatic heterocycles. The zero-order chi connectivity index (χ0) is 18.0. The van der Waals surface area contributed by atoms with Gasteiger partial charge in [-0.1, -0.05) is 37.0 Å². The summed E-state index contributed by atoms with van der Waals surface area (Å²) in [5.74, 6) is -1.10. The van der Waals surface area contributed by atoms with Crippen LogP contribution < -0.4 is 5.56 Å². The molecule has 128 valence electrons. The van der Waals surface area contributed by atoms with Gasteiger partial charge in [-0.2, -0.15) is 0 Å². The SMILES string of the molecule is CC(C)c1cc([S+]([O-])c2c(Cl)cc(CC(=O)O)cc2Cl)n[nH]c1=O. The summed E-state index contributed by atoms with van der Waals surface area (Å²) in [6.45, 7) is 3.66. The number of carboxylic acids is 1. The highest BCUT2D eigenvalue weighted by Gasteiger charge is 2.26. The van der Waals surface area contributed by atoms with Gasteiger partial charge in [-0.05, 0) is 23.6 Å². The molecule has 2 N–H and O–H groups in total. The van der Waals surface area contributed by atoms with Crippen LogP contribution in [0.1, 0.15) is 30.9 Å². The lowest BCUT2D eigenvalue weighted by Crippen LogP contribution is -2.19. The first-order valence-electron chi connectivity index (χ1n) is 6.91. The first kappa shape index (κ1) is 18.8. The summed E-state index contributed by atoms with van der Waals surface area (Å²) < 4.78 is 12.7. The minimum Gasteiger partial charge on any atom is -0.605 e.